The van der Waals surface area contributed by atoms with E-state index in [1.165, 1.54) is 4.88 Å². The molecule has 1 aromatic rings. The highest BCUT2D eigenvalue weighted by molar-refractivity contribution is 7.15. The fraction of sp³-hybridized carbons (Fsp3) is 0.750. The molecule has 2 N–H and O–H groups in total. The number of thiazole rings is 1. The summed E-state index contributed by atoms with van der Waals surface area (Å²) >= 11 is 1.75. The highest BCUT2D eigenvalue weighted by Crippen LogP contribution is 2.57. The number of amides is 1. The van der Waals surface area contributed by atoms with Gasteiger partial charge in [-0.3, -0.25) is 4.79 Å². The lowest BCUT2D eigenvalue weighted by atomic mass is 9.53. The van der Waals surface area contributed by atoms with Crippen molar-refractivity contribution in [2.75, 3.05) is 45.1 Å². The molecule has 0 spiro atoms. The largest absolute Gasteiger partial charge is 0.392 e. The van der Waals surface area contributed by atoms with E-state index in [0.29, 0.717) is 6.54 Å². The molecular formula is C24H38N4O2S. The second-order valence-corrected chi connectivity index (χ2v) is 11.3. The molecule has 31 heavy (non-hydrogen) atoms. The molecule has 6 atom stereocenters. The molecular weight excluding hydrogens is 408 g/mol. The fourth-order valence-corrected chi connectivity index (χ4v) is 7.55. The summed E-state index contributed by atoms with van der Waals surface area (Å²) in [5.74, 6) is 0.418. The van der Waals surface area contributed by atoms with Gasteiger partial charge in [0, 0.05) is 49.4 Å². The van der Waals surface area contributed by atoms with E-state index in [0.717, 1.165) is 56.3 Å². The molecule has 7 heteroatoms. The van der Waals surface area contributed by atoms with Crippen LogP contribution in [0.5, 0.6) is 0 Å². The molecule has 0 unspecified atom stereocenters. The van der Waals surface area contributed by atoms with Crippen LogP contribution in [0.25, 0.3) is 0 Å². The number of anilines is 1. The number of piperazine rings is 1. The van der Waals surface area contributed by atoms with Gasteiger partial charge in [0.2, 0.25) is 5.91 Å². The Morgan fingerprint density at radius 1 is 1.42 bits per heavy atom. The minimum atomic E-state index is -0.473. The third kappa shape index (κ3) is 4.16. The maximum Gasteiger partial charge on any atom is 0.225 e. The minimum Gasteiger partial charge on any atom is -0.392 e. The molecule has 172 valence electrons. The van der Waals surface area contributed by atoms with Crippen LogP contribution in [0.4, 0.5) is 5.13 Å². The number of carbonyl (C=O) groups excluding carboxylic acids is 1. The van der Waals surface area contributed by atoms with Gasteiger partial charge in [-0.25, -0.2) is 4.98 Å². The molecule has 1 aliphatic heterocycles. The summed E-state index contributed by atoms with van der Waals surface area (Å²) in [6.45, 7) is 14.5. The number of carbonyl (C=O) groups is 1. The van der Waals surface area contributed by atoms with E-state index in [9.17, 15) is 9.90 Å². The van der Waals surface area contributed by atoms with Crippen LogP contribution in [0, 0.1) is 23.2 Å². The van der Waals surface area contributed by atoms with Crippen LogP contribution < -0.4 is 5.32 Å². The maximum absolute atomic E-state index is 13.2. The molecule has 0 radical (unpaired) electrons. The minimum absolute atomic E-state index is 0.0197. The summed E-state index contributed by atoms with van der Waals surface area (Å²) in [5, 5.41) is 15.9. The Labute approximate surface area is 190 Å². The Morgan fingerprint density at radius 2 is 2.13 bits per heavy atom. The van der Waals surface area contributed by atoms with Crippen molar-refractivity contribution in [3.63, 3.8) is 0 Å². The SMILES string of the molecule is C=CCNc1nc2c(s1)C[C@]1(C)CC[C@@H]([C@H](C)C(=O)N3CCN(C)CC3)[C@H](O)[C@H]1[C@@H]2C. The second-order valence-electron chi connectivity index (χ2n) is 10.3. The monoisotopic (exact) mass is 446 g/mol. The number of hydrogen-bond donors (Lipinski definition) is 2. The van der Waals surface area contributed by atoms with Crippen molar-refractivity contribution in [1.29, 1.82) is 0 Å². The normalized spacial score (nSPS) is 34.5. The van der Waals surface area contributed by atoms with Crippen molar-refractivity contribution in [2.24, 2.45) is 23.2 Å². The zero-order valence-corrected chi connectivity index (χ0v) is 20.2. The first kappa shape index (κ1) is 22.7. The number of aliphatic hydroxyl groups excluding tert-OH is 1. The van der Waals surface area contributed by atoms with Crippen molar-refractivity contribution in [2.45, 2.75) is 52.1 Å². The average molecular weight is 447 g/mol. The molecule has 2 heterocycles. The number of nitrogens with one attached hydrogen (secondary N) is 1. The smallest absolute Gasteiger partial charge is 0.225 e. The Bertz CT molecular complexity index is 819. The Hall–Kier alpha value is -1.44. The average Bonchev–Trinajstić information content (AvgIpc) is 3.14. The maximum atomic E-state index is 13.2. The molecule has 0 aromatic carbocycles. The molecule has 1 aromatic heterocycles. The van der Waals surface area contributed by atoms with E-state index >= 15 is 0 Å². The second kappa shape index (κ2) is 8.83. The summed E-state index contributed by atoms with van der Waals surface area (Å²) in [5.41, 5.74) is 1.19. The summed E-state index contributed by atoms with van der Waals surface area (Å²) in [4.78, 5) is 23.7. The lowest BCUT2D eigenvalue weighted by molar-refractivity contribution is -0.146. The van der Waals surface area contributed by atoms with E-state index in [4.69, 9.17) is 4.98 Å². The summed E-state index contributed by atoms with van der Waals surface area (Å²) in [7, 11) is 2.10. The van der Waals surface area contributed by atoms with Crippen molar-refractivity contribution in [3.05, 3.63) is 23.2 Å². The molecule has 4 rings (SSSR count). The first-order valence-electron chi connectivity index (χ1n) is 11.7. The van der Waals surface area contributed by atoms with Gasteiger partial charge in [-0.1, -0.05) is 26.8 Å². The summed E-state index contributed by atoms with van der Waals surface area (Å²) in [6.07, 6.45) is 4.31. The lowest BCUT2D eigenvalue weighted by Crippen LogP contribution is -2.55. The number of rotatable bonds is 5. The Balaban J connectivity index is 1.52. The summed E-state index contributed by atoms with van der Waals surface area (Å²) < 4.78 is 0. The third-order valence-corrected chi connectivity index (χ3v) is 9.20. The molecule has 1 saturated heterocycles. The predicted molar refractivity (Wildman–Crippen MR) is 126 cm³/mol. The van der Waals surface area contributed by atoms with E-state index in [-0.39, 0.29) is 35.0 Å². The zero-order valence-electron chi connectivity index (χ0n) is 19.4. The molecule has 0 bridgehead atoms. The molecule has 2 fully saturated rings. The van der Waals surface area contributed by atoms with E-state index < -0.39 is 6.10 Å². The van der Waals surface area contributed by atoms with E-state index in [1.54, 1.807) is 11.3 Å². The number of likely N-dealkylation sites (N-methyl/N-ethyl adjacent to an activating group) is 1. The number of fused-ring (bicyclic) bond motifs is 2. The molecule has 1 amide bonds. The summed E-state index contributed by atoms with van der Waals surface area (Å²) in [6, 6.07) is 0. The van der Waals surface area contributed by atoms with Gasteiger partial charge < -0.3 is 20.2 Å². The van der Waals surface area contributed by atoms with Gasteiger partial charge in [0.05, 0.1) is 11.8 Å². The molecule has 6 nitrogen and oxygen atoms in total. The van der Waals surface area contributed by atoms with Crippen LogP contribution >= 0.6 is 11.3 Å². The van der Waals surface area contributed by atoms with Gasteiger partial charge >= 0.3 is 0 Å². The Morgan fingerprint density at radius 3 is 2.81 bits per heavy atom. The number of aromatic nitrogens is 1. The Kier molecular flexibility index (Phi) is 6.48. The lowest BCUT2D eigenvalue weighted by Gasteiger charge is -2.53. The van der Waals surface area contributed by atoms with E-state index in [2.05, 4.69) is 37.7 Å². The van der Waals surface area contributed by atoms with Crippen LogP contribution in [-0.4, -0.2) is 71.7 Å². The number of aliphatic hydroxyl groups is 1. The first-order chi connectivity index (χ1) is 14.7. The topological polar surface area (TPSA) is 68.7 Å². The zero-order chi connectivity index (χ0) is 22.3. The standard InChI is InChI=1S/C24H38N4O2S/c1-6-9-25-23-26-20-16(3)19-21(29)17(7-8-24(19,4)14-18(20)31-23)15(2)22(30)28-12-10-27(5)11-13-28/h6,15-17,19,21,29H,1,7-14H2,2-5H3,(H,25,26)/t15-,16-,17-,19+,21-,24-/m0/s1. The number of hydrogen-bond acceptors (Lipinski definition) is 6. The quantitative estimate of drug-likeness (QED) is 0.680. The van der Waals surface area contributed by atoms with Gasteiger partial charge in [-0.2, -0.15) is 0 Å². The van der Waals surface area contributed by atoms with Crippen LogP contribution in [0.3, 0.4) is 0 Å². The molecule has 2 aliphatic carbocycles. The first-order valence-corrected chi connectivity index (χ1v) is 12.6. The van der Waals surface area contributed by atoms with Crippen LogP contribution in [0.15, 0.2) is 12.7 Å². The van der Waals surface area contributed by atoms with Gasteiger partial charge in [-0.05, 0) is 43.6 Å². The van der Waals surface area contributed by atoms with Crippen molar-refractivity contribution in [1.82, 2.24) is 14.8 Å². The van der Waals surface area contributed by atoms with Crippen LogP contribution in [-0.2, 0) is 11.2 Å². The number of nitrogens with zero attached hydrogens (tertiary/aromatic N) is 3. The van der Waals surface area contributed by atoms with Gasteiger partial charge in [-0.15, -0.1) is 17.9 Å². The third-order valence-electron chi connectivity index (χ3n) is 8.17. The van der Waals surface area contributed by atoms with Crippen LogP contribution in [0.1, 0.15) is 50.1 Å². The van der Waals surface area contributed by atoms with Gasteiger partial charge in [0.15, 0.2) is 5.13 Å². The fourth-order valence-electron chi connectivity index (χ4n) is 6.28. The molecule has 1 saturated carbocycles. The van der Waals surface area contributed by atoms with Gasteiger partial charge in [0.25, 0.3) is 0 Å². The highest BCUT2D eigenvalue weighted by atomic mass is 32.1. The predicted octanol–water partition coefficient (Wildman–Crippen LogP) is 3.20. The van der Waals surface area contributed by atoms with Crippen molar-refractivity contribution in [3.8, 4) is 0 Å². The molecule has 3 aliphatic rings. The van der Waals surface area contributed by atoms with Crippen molar-refractivity contribution < 1.29 is 9.90 Å². The highest BCUT2D eigenvalue weighted by Gasteiger charge is 2.54. The van der Waals surface area contributed by atoms with Crippen molar-refractivity contribution >= 4 is 22.4 Å². The van der Waals surface area contributed by atoms with Gasteiger partial charge in [0.1, 0.15) is 0 Å². The van der Waals surface area contributed by atoms with Crippen LogP contribution in [0.2, 0.25) is 0 Å². The van der Waals surface area contributed by atoms with E-state index in [1.807, 2.05) is 17.9 Å².